The zero-order valence-electron chi connectivity index (χ0n) is 8.22. The van der Waals surface area contributed by atoms with Crippen molar-refractivity contribution in [3.8, 4) is 0 Å². The number of nitrogens with two attached hydrogens (primary N) is 1. The van der Waals surface area contributed by atoms with E-state index in [1.54, 1.807) is 11.8 Å². The Bertz CT molecular complexity index is 347. The summed E-state index contributed by atoms with van der Waals surface area (Å²) in [6.07, 6.45) is 5.41. The minimum absolute atomic E-state index is 0.150. The molecule has 2 rings (SSSR count). The van der Waals surface area contributed by atoms with Gasteiger partial charge in [0.25, 0.3) is 0 Å². The van der Waals surface area contributed by atoms with Gasteiger partial charge in [-0.3, -0.25) is 0 Å². The molecule has 1 aromatic rings. The first kappa shape index (κ1) is 10.3. The van der Waals surface area contributed by atoms with Crippen LogP contribution in [0.5, 0.6) is 0 Å². The topological polar surface area (TPSA) is 26.0 Å². The summed E-state index contributed by atoms with van der Waals surface area (Å²) in [5.74, 6) is 0. The molecule has 1 saturated carbocycles. The molecule has 1 aliphatic rings. The fourth-order valence-electron chi connectivity index (χ4n) is 1.84. The van der Waals surface area contributed by atoms with E-state index in [4.69, 9.17) is 17.3 Å². The zero-order chi connectivity index (χ0) is 10.2. The Balaban J connectivity index is 2.40. The average Bonchev–Trinajstić information content (AvgIpc) is 2.15. The molecular weight excluding hydrogens is 214 g/mol. The van der Waals surface area contributed by atoms with E-state index in [0.717, 1.165) is 23.4 Å². The van der Waals surface area contributed by atoms with E-state index >= 15 is 0 Å². The van der Waals surface area contributed by atoms with Gasteiger partial charge in [0, 0.05) is 15.5 Å². The van der Waals surface area contributed by atoms with Crippen LogP contribution in [0.4, 0.5) is 0 Å². The van der Waals surface area contributed by atoms with Crippen LogP contribution < -0.4 is 5.73 Å². The molecule has 0 aromatic heterocycles. The highest BCUT2D eigenvalue weighted by molar-refractivity contribution is 7.98. The third-order valence-corrected chi connectivity index (χ3v) is 4.01. The zero-order valence-corrected chi connectivity index (χ0v) is 9.79. The Morgan fingerprint density at radius 1 is 1.43 bits per heavy atom. The molecule has 0 radical (unpaired) electrons. The lowest BCUT2D eigenvalue weighted by Gasteiger charge is -2.39. The van der Waals surface area contributed by atoms with Gasteiger partial charge in [-0.2, -0.15) is 0 Å². The van der Waals surface area contributed by atoms with Crippen LogP contribution >= 0.6 is 23.4 Å². The molecule has 0 heterocycles. The molecule has 1 aliphatic carbocycles. The van der Waals surface area contributed by atoms with Crippen molar-refractivity contribution in [2.24, 2.45) is 5.73 Å². The summed E-state index contributed by atoms with van der Waals surface area (Å²) >= 11 is 7.89. The van der Waals surface area contributed by atoms with Crippen LogP contribution in [0.3, 0.4) is 0 Å². The summed E-state index contributed by atoms with van der Waals surface area (Å²) in [4.78, 5) is 1.24. The molecule has 76 valence electrons. The van der Waals surface area contributed by atoms with Crippen molar-refractivity contribution in [1.29, 1.82) is 0 Å². The smallest absolute Gasteiger partial charge is 0.0457 e. The van der Waals surface area contributed by atoms with E-state index in [9.17, 15) is 0 Å². The van der Waals surface area contributed by atoms with E-state index < -0.39 is 0 Å². The van der Waals surface area contributed by atoms with Crippen LogP contribution in [0.2, 0.25) is 5.02 Å². The molecular formula is C11H14ClNS. The number of halogens is 1. The number of hydrogen-bond donors (Lipinski definition) is 1. The molecule has 0 unspecified atom stereocenters. The maximum Gasteiger partial charge on any atom is 0.0457 e. The number of thioether (sulfide) groups is 1. The lowest BCUT2D eigenvalue weighted by Crippen LogP contribution is -2.43. The second-order valence-corrected chi connectivity index (χ2v) is 5.14. The molecule has 1 fully saturated rings. The third-order valence-electron chi connectivity index (χ3n) is 2.96. The summed E-state index contributed by atoms with van der Waals surface area (Å²) in [7, 11) is 0. The molecule has 0 atom stereocenters. The van der Waals surface area contributed by atoms with E-state index in [2.05, 4.69) is 12.3 Å². The summed E-state index contributed by atoms with van der Waals surface area (Å²) < 4.78 is 0. The van der Waals surface area contributed by atoms with Crippen LogP contribution in [0.15, 0.2) is 23.1 Å². The number of rotatable bonds is 2. The molecule has 1 nitrogen and oxygen atoms in total. The van der Waals surface area contributed by atoms with Gasteiger partial charge in [0.15, 0.2) is 0 Å². The minimum Gasteiger partial charge on any atom is -0.321 e. The fourth-order valence-corrected chi connectivity index (χ4v) is 2.59. The highest BCUT2D eigenvalue weighted by Gasteiger charge is 2.35. The molecule has 0 saturated heterocycles. The van der Waals surface area contributed by atoms with Crippen molar-refractivity contribution in [1.82, 2.24) is 0 Å². The van der Waals surface area contributed by atoms with Crippen molar-refractivity contribution in [3.63, 3.8) is 0 Å². The molecule has 0 amide bonds. The Labute approximate surface area is 94.0 Å². The van der Waals surface area contributed by atoms with Crippen molar-refractivity contribution in [2.75, 3.05) is 6.26 Å². The van der Waals surface area contributed by atoms with Crippen molar-refractivity contribution < 1.29 is 0 Å². The SMILES string of the molecule is CSc1ccc(Cl)c(C2(N)CCC2)c1. The Hall–Kier alpha value is -0.180. The van der Waals surface area contributed by atoms with Crippen molar-refractivity contribution in [2.45, 2.75) is 29.7 Å². The van der Waals surface area contributed by atoms with Crippen LogP contribution in [0, 0.1) is 0 Å². The van der Waals surface area contributed by atoms with Crippen LogP contribution in [0.1, 0.15) is 24.8 Å². The maximum absolute atomic E-state index is 6.25. The van der Waals surface area contributed by atoms with Crippen LogP contribution in [-0.2, 0) is 5.54 Å². The second-order valence-electron chi connectivity index (χ2n) is 3.86. The molecule has 0 aliphatic heterocycles. The summed E-state index contributed by atoms with van der Waals surface area (Å²) in [6, 6.07) is 6.13. The van der Waals surface area contributed by atoms with Gasteiger partial charge in [0.2, 0.25) is 0 Å². The van der Waals surface area contributed by atoms with Gasteiger partial charge < -0.3 is 5.73 Å². The monoisotopic (exact) mass is 227 g/mol. The van der Waals surface area contributed by atoms with Gasteiger partial charge >= 0.3 is 0 Å². The largest absolute Gasteiger partial charge is 0.321 e. The molecule has 3 heteroatoms. The van der Waals surface area contributed by atoms with Crippen molar-refractivity contribution in [3.05, 3.63) is 28.8 Å². The van der Waals surface area contributed by atoms with Crippen molar-refractivity contribution >= 4 is 23.4 Å². The van der Waals surface area contributed by atoms with E-state index in [0.29, 0.717) is 0 Å². The van der Waals surface area contributed by atoms with Gasteiger partial charge in [-0.1, -0.05) is 11.6 Å². The third kappa shape index (κ3) is 1.67. The average molecular weight is 228 g/mol. The number of benzene rings is 1. The van der Waals surface area contributed by atoms with Gasteiger partial charge in [-0.15, -0.1) is 11.8 Å². The van der Waals surface area contributed by atoms with Crippen LogP contribution in [-0.4, -0.2) is 6.26 Å². The lowest BCUT2D eigenvalue weighted by atomic mass is 9.73. The maximum atomic E-state index is 6.25. The Kier molecular flexibility index (Phi) is 2.78. The first-order valence-electron chi connectivity index (χ1n) is 4.79. The lowest BCUT2D eigenvalue weighted by molar-refractivity contribution is 0.253. The van der Waals surface area contributed by atoms with E-state index in [1.807, 2.05) is 12.1 Å². The number of hydrogen-bond acceptors (Lipinski definition) is 2. The summed E-state index contributed by atoms with van der Waals surface area (Å²) in [5.41, 5.74) is 7.23. The van der Waals surface area contributed by atoms with E-state index in [1.165, 1.54) is 11.3 Å². The second kappa shape index (κ2) is 3.76. The molecule has 0 bridgehead atoms. The predicted octanol–water partition coefficient (Wildman–Crippen LogP) is 3.40. The normalized spacial score (nSPS) is 19.1. The molecule has 1 aromatic carbocycles. The molecule has 0 spiro atoms. The first-order chi connectivity index (χ1) is 6.65. The van der Waals surface area contributed by atoms with E-state index in [-0.39, 0.29) is 5.54 Å². The van der Waals surface area contributed by atoms with Gasteiger partial charge in [-0.05, 0) is 49.3 Å². The predicted molar refractivity (Wildman–Crippen MR) is 62.9 cm³/mol. The minimum atomic E-state index is -0.150. The molecule has 14 heavy (non-hydrogen) atoms. The highest BCUT2D eigenvalue weighted by Crippen LogP contribution is 2.42. The van der Waals surface area contributed by atoms with Gasteiger partial charge in [0.1, 0.15) is 0 Å². The van der Waals surface area contributed by atoms with Crippen LogP contribution in [0.25, 0.3) is 0 Å². The summed E-state index contributed by atoms with van der Waals surface area (Å²) in [6.45, 7) is 0. The molecule has 2 N–H and O–H groups in total. The highest BCUT2D eigenvalue weighted by atomic mass is 35.5. The quantitative estimate of drug-likeness (QED) is 0.784. The Morgan fingerprint density at radius 3 is 2.64 bits per heavy atom. The summed E-state index contributed by atoms with van der Waals surface area (Å²) in [5, 5.41) is 0.810. The standard InChI is InChI=1S/C11H14ClNS/c1-14-8-3-4-10(12)9(7-8)11(13)5-2-6-11/h3-4,7H,2,5-6,13H2,1H3. The first-order valence-corrected chi connectivity index (χ1v) is 6.39. The Morgan fingerprint density at radius 2 is 2.14 bits per heavy atom. The van der Waals surface area contributed by atoms with Gasteiger partial charge in [0.05, 0.1) is 0 Å². The van der Waals surface area contributed by atoms with Gasteiger partial charge in [-0.25, -0.2) is 0 Å². The fraction of sp³-hybridized carbons (Fsp3) is 0.455.